The zero-order valence-corrected chi connectivity index (χ0v) is 6.84. The molecule has 2 N–H and O–H groups in total. The molecular formula is C5H4BCl2NO2. The number of rotatable bonds is 1. The van der Waals surface area contributed by atoms with Crippen LogP contribution >= 0.6 is 23.2 Å². The molecule has 0 spiro atoms. The highest BCUT2D eigenvalue weighted by molar-refractivity contribution is 6.63. The number of aromatic nitrogens is 1. The maximum atomic E-state index is 8.70. The molecule has 0 aliphatic rings. The molecular weight excluding hydrogens is 188 g/mol. The summed E-state index contributed by atoms with van der Waals surface area (Å²) in [4.78, 5) is 3.63. The Morgan fingerprint density at radius 1 is 1.27 bits per heavy atom. The van der Waals surface area contributed by atoms with Crippen LogP contribution in [0, 0.1) is 0 Å². The third-order valence-electron chi connectivity index (χ3n) is 1.14. The Labute approximate surface area is 73.7 Å². The Morgan fingerprint density at radius 2 is 1.91 bits per heavy atom. The van der Waals surface area contributed by atoms with Gasteiger partial charge in [0.2, 0.25) is 0 Å². The highest BCUT2D eigenvalue weighted by Gasteiger charge is 2.16. The van der Waals surface area contributed by atoms with Crippen molar-refractivity contribution < 1.29 is 10.0 Å². The molecule has 0 aliphatic carbocycles. The summed E-state index contributed by atoms with van der Waals surface area (Å²) in [5.41, 5.74) is 0.110. The lowest BCUT2D eigenvalue weighted by molar-refractivity contribution is 0.425. The number of pyridine rings is 1. The van der Waals surface area contributed by atoms with Crippen molar-refractivity contribution in [3.05, 3.63) is 22.4 Å². The minimum Gasteiger partial charge on any atom is -0.423 e. The highest BCUT2D eigenvalue weighted by atomic mass is 35.5. The van der Waals surface area contributed by atoms with Gasteiger partial charge in [-0.1, -0.05) is 23.2 Å². The first-order valence-corrected chi connectivity index (χ1v) is 3.53. The topological polar surface area (TPSA) is 53.4 Å². The molecule has 0 saturated heterocycles. The molecule has 0 unspecified atom stereocenters. The standard InChI is InChI=1S/C5H4BCl2NO2/c7-4-2-9-1-3(5(4)8)6(10)11/h1-2,10-11H. The number of nitrogens with zero attached hydrogens (tertiary/aromatic N) is 1. The Morgan fingerprint density at radius 3 is 2.36 bits per heavy atom. The summed E-state index contributed by atoms with van der Waals surface area (Å²) in [5.74, 6) is 0. The molecule has 0 saturated carbocycles. The lowest BCUT2D eigenvalue weighted by Gasteiger charge is -2.01. The van der Waals surface area contributed by atoms with Crippen molar-refractivity contribution >= 4 is 35.8 Å². The molecule has 0 bridgehead atoms. The zero-order valence-electron chi connectivity index (χ0n) is 5.33. The second-order valence-electron chi connectivity index (χ2n) is 1.90. The molecule has 0 radical (unpaired) electrons. The number of halogens is 2. The fourth-order valence-corrected chi connectivity index (χ4v) is 0.975. The van der Waals surface area contributed by atoms with Crippen LogP contribution in [0.25, 0.3) is 0 Å². The molecule has 1 aromatic heterocycles. The smallest absolute Gasteiger partial charge is 0.423 e. The highest BCUT2D eigenvalue weighted by Crippen LogP contribution is 2.17. The SMILES string of the molecule is OB(O)c1cncc(Cl)c1Cl. The Hall–Kier alpha value is -0.285. The quantitative estimate of drug-likeness (QED) is 0.618. The van der Waals surface area contributed by atoms with Crippen molar-refractivity contribution in [2.24, 2.45) is 0 Å². The first-order valence-electron chi connectivity index (χ1n) is 2.78. The molecule has 0 aromatic carbocycles. The van der Waals surface area contributed by atoms with Crippen LogP contribution in [0.5, 0.6) is 0 Å². The third kappa shape index (κ3) is 1.84. The molecule has 58 valence electrons. The van der Waals surface area contributed by atoms with E-state index in [9.17, 15) is 0 Å². The van der Waals surface area contributed by atoms with Crippen LogP contribution in [-0.4, -0.2) is 22.2 Å². The number of hydrogen-bond acceptors (Lipinski definition) is 3. The van der Waals surface area contributed by atoms with Crippen LogP contribution in [0.3, 0.4) is 0 Å². The molecule has 0 fully saturated rings. The first kappa shape index (κ1) is 8.81. The van der Waals surface area contributed by atoms with E-state index in [1.165, 1.54) is 12.4 Å². The maximum absolute atomic E-state index is 8.70. The van der Waals surface area contributed by atoms with E-state index in [0.29, 0.717) is 0 Å². The van der Waals surface area contributed by atoms with Crippen LogP contribution in [-0.2, 0) is 0 Å². The van der Waals surface area contributed by atoms with Crippen LogP contribution in [0.15, 0.2) is 12.4 Å². The predicted octanol–water partition coefficient (Wildman–Crippen LogP) is 0.0682. The summed E-state index contributed by atoms with van der Waals surface area (Å²) < 4.78 is 0. The summed E-state index contributed by atoms with van der Waals surface area (Å²) in [6.45, 7) is 0. The monoisotopic (exact) mass is 191 g/mol. The fourth-order valence-electron chi connectivity index (χ4n) is 0.614. The summed E-state index contributed by atoms with van der Waals surface area (Å²) in [5, 5.41) is 17.7. The van der Waals surface area contributed by atoms with Gasteiger partial charge < -0.3 is 10.0 Å². The van der Waals surface area contributed by atoms with Crippen molar-refractivity contribution in [3.63, 3.8) is 0 Å². The summed E-state index contributed by atoms with van der Waals surface area (Å²) in [7, 11) is -1.63. The molecule has 0 atom stereocenters. The fraction of sp³-hybridized carbons (Fsp3) is 0. The van der Waals surface area contributed by atoms with E-state index >= 15 is 0 Å². The van der Waals surface area contributed by atoms with Gasteiger partial charge in [0.05, 0.1) is 10.0 Å². The van der Waals surface area contributed by atoms with Crippen LogP contribution in [0.4, 0.5) is 0 Å². The third-order valence-corrected chi connectivity index (χ3v) is 1.95. The normalized spacial score (nSPS) is 9.82. The minimum atomic E-state index is -1.63. The largest absolute Gasteiger partial charge is 0.491 e. The van der Waals surface area contributed by atoms with Crippen molar-refractivity contribution in [2.75, 3.05) is 0 Å². The van der Waals surface area contributed by atoms with Gasteiger partial charge in [0.25, 0.3) is 0 Å². The van der Waals surface area contributed by atoms with Crippen LogP contribution in [0.2, 0.25) is 10.0 Å². The van der Waals surface area contributed by atoms with E-state index in [2.05, 4.69) is 4.98 Å². The molecule has 0 amide bonds. The summed E-state index contributed by atoms with van der Waals surface area (Å²) in [6.07, 6.45) is 2.58. The van der Waals surface area contributed by atoms with Gasteiger partial charge in [0, 0.05) is 17.9 Å². The van der Waals surface area contributed by atoms with Gasteiger partial charge in [0.15, 0.2) is 0 Å². The van der Waals surface area contributed by atoms with Gasteiger partial charge >= 0.3 is 7.12 Å². The van der Waals surface area contributed by atoms with Gasteiger partial charge in [-0.15, -0.1) is 0 Å². The molecule has 11 heavy (non-hydrogen) atoms. The lowest BCUT2D eigenvalue weighted by atomic mass is 9.82. The van der Waals surface area contributed by atoms with Gasteiger partial charge in [-0.3, -0.25) is 4.98 Å². The first-order chi connectivity index (χ1) is 5.13. The van der Waals surface area contributed by atoms with E-state index in [-0.39, 0.29) is 15.5 Å². The molecule has 3 nitrogen and oxygen atoms in total. The second kappa shape index (κ2) is 3.41. The van der Waals surface area contributed by atoms with E-state index in [1.54, 1.807) is 0 Å². The molecule has 6 heteroatoms. The lowest BCUT2D eigenvalue weighted by Crippen LogP contribution is -2.31. The van der Waals surface area contributed by atoms with E-state index in [4.69, 9.17) is 33.2 Å². The van der Waals surface area contributed by atoms with Crippen LogP contribution in [0.1, 0.15) is 0 Å². The zero-order chi connectivity index (χ0) is 8.43. The van der Waals surface area contributed by atoms with Crippen molar-refractivity contribution in [1.29, 1.82) is 0 Å². The van der Waals surface area contributed by atoms with Crippen molar-refractivity contribution in [2.45, 2.75) is 0 Å². The van der Waals surface area contributed by atoms with Gasteiger partial charge in [-0.2, -0.15) is 0 Å². The second-order valence-corrected chi connectivity index (χ2v) is 2.68. The molecule has 1 heterocycles. The Bertz CT molecular complexity index is 269. The van der Waals surface area contributed by atoms with Crippen LogP contribution < -0.4 is 5.46 Å². The summed E-state index contributed by atoms with van der Waals surface area (Å²) >= 11 is 11.1. The van der Waals surface area contributed by atoms with Gasteiger partial charge in [-0.05, 0) is 0 Å². The van der Waals surface area contributed by atoms with Gasteiger partial charge in [0.1, 0.15) is 0 Å². The van der Waals surface area contributed by atoms with Crippen molar-refractivity contribution in [3.8, 4) is 0 Å². The van der Waals surface area contributed by atoms with E-state index < -0.39 is 7.12 Å². The van der Waals surface area contributed by atoms with E-state index in [1.807, 2.05) is 0 Å². The van der Waals surface area contributed by atoms with E-state index in [0.717, 1.165) is 0 Å². The maximum Gasteiger partial charge on any atom is 0.491 e. The number of hydrogen-bond donors (Lipinski definition) is 2. The average Bonchev–Trinajstić information content (AvgIpc) is 1.94. The molecule has 0 aliphatic heterocycles. The minimum absolute atomic E-state index is 0.110. The Balaban J connectivity index is 3.17. The predicted molar refractivity (Wildman–Crippen MR) is 44.1 cm³/mol. The average molecular weight is 192 g/mol. The molecule has 1 rings (SSSR count). The summed E-state index contributed by atoms with van der Waals surface area (Å²) in [6, 6.07) is 0. The van der Waals surface area contributed by atoms with Crippen molar-refractivity contribution in [1.82, 2.24) is 4.98 Å². The molecule has 1 aromatic rings. The van der Waals surface area contributed by atoms with Gasteiger partial charge in [-0.25, -0.2) is 0 Å². The Kier molecular flexibility index (Phi) is 2.73.